The van der Waals surface area contributed by atoms with Gasteiger partial charge in [0.25, 0.3) is 0 Å². The molecule has 0 bridgehead atoms. The van der Waals surface area contributed by atoms with E-state index in [2.05, 4.69) is 81.4 Å². The molecule has 0 amide bonds. The second-order valence-corrected chi connectivity index (χ2v) is 23.1. The average Bonchev–Trinajstić information content (AvgIpc) is 2.41. The summed E-state index contributed by atoms with van der Waals surface area (Å²) in [7, 11) is -0.127. The molecule has 0 aliphatic rings. The molecule has 0 heterocycles. The third-order valence-corrected chi connectivity index (χ3v) is 29.0. The standard InChI is InChI=1S/C16H24Si3/c1-16(2,3)19(18-17,14-10-6-4-7-11-14)15-12-8-5-9-13-15/h4-13H,18H2,1-3,17H3. The Morgan fingerprint density at radius 1 is 0.789 bits per heavy atom. The Kier molecular flexibility index (Phi) is 4.28. The fourth-order valence-corrected chi connectivity index (χ4v) is 32.8. The smallest absolute Gasteiger partial charge is 0.0629 e. The summed E-state index contributed by atoms with van der Waals surface area (Å²) in [6, 6.07) is 22.7. The van der Waals surface area contributed by atoms with Gasteiger partial charge in [-0.15, -0.1) is 0 Å². The van der Waals surface area contributed by atoms with Crippen LogP contribution in [0.25, 0.3) is 0 Å². The monoisotopic (exact) mass is 300 g/mol. The van der Waals surface area contributed by atoms with Crippen LogP contribution in [0.4, 0.5) is 0 Å². The van der Waals surface area contributed by atoms with Gasteiger partial charge in [-0.2, -0.15) is 0 Å². The maximum Gasteiger partial charge on any atom is 0.105 e. The first-order valence-electron chi connectivity index (χ1n) is 7.13. The van der Waals surface area contributed by atoms with E-state index in [1.165, 1.54) is 9.76 Å². The van der Waals surface area contributed by atoms with Crippen molar-refractivity contribution in [3.63, 3.8) is 0 Å². The SMILES string of the molecule is CC(C)(C)[Si]([SiH2][SiH3])(c1ccccc1)c1ccccc1. The first-order valence-corrected chi connectivity index (χ1v) is 17.1. The van der Waals surface area contributed by atoms with Gasteiger partial charge in [0.15, 0.2) is 0 Å². The molecule has 0 radical (unpaired) electrons. The minimum Gasteiger partial charge on any atom is -0.0629 e. The number of hydrogen-bond acceptors (Lipinski definition) is 0. The first-order chi connectivity index (χ1) is 9.02. The van der Waals surface area contributed by atoms with E-state index in [1.807, 2.05) is 0 Å². The zero-order valence-electron chi connectivity index (χ0n) is 12.5. The lowest BCUT2D eigenvalue weighted by molar-refractivity contribution is 0.744. The lowest BCUT2D eigenvalue weighted by Crippen LogP contribution is -2.69. The second-order valence-electron chi connectivity index (χ2n) is 6.24. The summed E-state index contributed by atoms with van der Waals surface area (Å²) in [5.41, 5.74) is 0. The molecule has 0 nitrogen and oxygen atoms in total. The highest BCUT2D eigenvalue weighted by molar-refractivity contribution is 7.50. The Hall–Kier alpha value is -0.909. The van der Waals surface area contributed by atoms with Gasteiger partial charge in [0.1, 0.15) is 7.59 Å². The van der Waals surface area contributed by atoms with Crippen LogP contribution < -0.4 is 10.4 Å². The van der Waals surface area contributed by atoms with Gasteiger partial charge >= 0.3 is 0 Å². The van der Waals surface area contributed by atoms with Crippen molar-refractivity contribution in [2.45, 2.75) is 25.8 Å². The highest BCUT2D eigenvalue weighted by Gasteiger charge is 2.45. The van der Waals surface area contributed by atoms with Crippen LogP contribution >= 0.6 is 0 Å². The third-order valence-electron chi connectivity index (χ3n) is 4.34. The minimum atomic E-state index is -1.52. The molecule has 0 unspecified atom stereocenters. The molecule has 0 aliphatic carbocycles. The summed E-state index contributed by atoms with van der Waals surface area (Å²) in [5.74, 6) is 0. The lowest BCUT2D eigenvalue weighted by Gasteiger charge is -2.43. The van der Waals surface area contributed by atoms with Gasteiger partial charge in [-0.1, -0.05) is 91.8 Å². The van der Waals surface area contributed by atoms with E-state index in [4.69, 9.17) is 0 Å². The molecule has 0 aliphatic heterocycles. The molecule has 0 fully saturated rings. The van der Waals surface area contributed by atoms with E-state index in [-0.39, 0.29) is 8.55 Å². The summed E-state index contributed by atoms with van der Waals surface area (Å²) in [6.07, 6.45) is 0. The van der Waals surface area contributed by atoms with Crippen LogP contribution in [0.5, 0.6) is 0 Å². The van der Waals surface area contributed by atoms with Crippen LogP contribution in [-0.2, 0) is 0 Å². The number of benzene rings is 2. The maximum atomic E-state index is 2.46. The van der Waals surface area contributed by atoms with Gasteiger partial charge in [0.05, 0.1) is 0 Å². The molecule has 100 valence electrons. The van der Waals surface area contributed by atoms with Crippen LogP contribution in [0.1, 0.15) is 20.8 Å². The molecule has 0 spiro atoms. The van der Waals surface area contributed by atoms with Gasteiger partial charge in [-0.25, -0.2) is 0 Å². The molecule has 0 atom stereocenters. The van der Waals surface area contributed by atoms with Crippen molar-refractivity contribution in [1.82, 2.24) is 0 Å². The fourth-order valence-electron chi connectivity index (χ4n) is 3.42. The topological polar surface area (TPSA) is 0 Å². The average molecular weight is 301 g/mol. The molecular formula is C16H24Si3. The zero-order valence-corrected chi connectivity index (χ0v) is 16.9. The Bertz CT molecular complexity index is 475. The largest absolute Gasteiger partial charge is 0.105 e. The van der Waals surface area contributed by atoms with Crippen molar-refractivity contribution in [2.24, 2.45) is 0 Å². The van der Waals surface area contributed by atoms with Crippen molar-refractivity contribution >= 4 is 36.3 Å². The van der Waals surface area contributed by atoms with Gasteiger partial charge < -0.3 is 0 Å². The first kappa shape index (κ1) is 14.5. The van der Waals surface area contributed by atoms with E-state index in [0.717, 1.165) is 0 Å². The highest BCUT2D eigenvalue weighted by Crippen LogP contribution is 2.34. The molecule has 2 rings (SSSR count). The van der Waals surface area contributed by atoms with E-state index in [0.29, 0.717) is 5.04 Å². The number of rotatable bonds is 3. The van der Waals surface area contributed by atoms with Gasteiger partial charge in [0, 0.05) is 8.55 Å². The minimum absolute atomic E-state index is 0.00184. The Morgan fingerprint density at radius 3 is 1.42 bits per heavy atom. The summed E-state index contributed by atoms with van der Waals surface area (Å²) in [6.45, 7) is 7.39. The normalized spacial score (nSPS) is 13.2. The molecule has 0 N–H and O–H groups in total. The zero-order chi connectivity index (χ0) is 13.9. The van der Waals surface area contributed by atoms with Crippen LogP contribution in [0.3, 0.4) is 0 Å². The van der Waals surface area contributed by atoms with Crippen molar-refractivity contribution in [3.8, 4) is 0 Å². The summed E-state index contributed by atoms with van der Waals surface area (Å²) < 4.78 is 0. The van der Waals surface area contributed by atoms with Crippen molar-refractivity contribution in [2.75, 3.05) is 0 Å². The summed E-state index contributed by atoms with van der Waals surface area (Å²) in [4.78, 5) is 0. The van der Waals surface area contributed by atoms with Gasteiger partial charge in [-0.3, -0.25) is 0 Å². The predicted molar refractivity (Wildman–Crippen MR) is 96.1 cm³/mol. The van der Waals surface area contributed by atoms with E-state index >= 15 is 0 Å². The number of hydrogen-bond donors (Lipinski definition) is 0. The summed E-state index contributed by atoms with van der Waals surface area (Å²) >= 11 is 0. The maximum absolute atomic E-state index is 2.46. The summed E-state index contributed by atoms with van der Waals surface area (Å²) in [5, 5.41) is 3.70. The van der Waals surface area contributed by atoms with Crippen molar-refractivity contribution in [3.05, 3.63) is 60.7 Å². The van der Waals surface area contributed by atoms with E-state index in [9.17, 15) is 0 Å². The van der Waals surface area contributed by atoms with Crippen molar-refractivity contribution in [1.29, 1.82) is 0 Å². The second kappa shape index (κ2) is 5.61. The van der Waals surface area contributed by atoms with E-state index in [1.54, 1.807) is 10.4 Å². The highest BCUT2D eigenvalue weighted by atomic mass is 29.5. The van der Waals surface area contributed by atoms with Crippen LogP contribution in [0, 0.1) is 0 Å². The van der Waals surface area contributed by atoms with E-state index < -0.39 is 7.59 Å². The Morgan fingerprint density at radius 2 is 1.16 bits per heavy atom. The van der Waals surface area contributed by atoms with Crippen LogP contribution in [-0.4, -0.2) is 25.9 Å². The quantitative estimate of drug-likeness (QED) is 0.742. The Labute approximate surface area is 123 Å². The molecule has 0 saturated carbocycles. The van der Waals surface area contributed by atoms with Crippen LogP contribution in [0.2, 0.25) is 5.04 Å². The molecule has 0 saturated heterocycles. The van der Waals surface area contributed by atoms with Crippen molar-refractivity contribution < 1.29 is 0 Å². The molecule has 19 heavy (non-hydrogen) atoms. The van der Waals surface area contributed by atoms with Gasteiger partial charge in [-0.05, 0) is 14.8 Å². The van der Waals surface area contributed by atoms with Gasteiger partial charge in [0.2, 0.25) is 0 Å². The fraction of sp³-hybridized carbons (Fsp3) is 0.250. The molecule has 0 aromatic heterocycles. The lowest BCUT2D eigenvalue weighted by atomic mass is 10.2. The molecular weight excluding hydrogens is 276 g/mol. The molecule has 2 aromatic carbocycles. The molecule has 2 aromatic rings. The van der Waals surface area contributed by atoms with Crippen LogP contribution in [0.15, 0.2) is 60.7 Å². The predicted octanol–water partition coefficient (Wildman–Crippen LogP) is 0.996. The molecule has 3 heteroatoms. The Balaban J connectivity index is 2.70. The third kappa shape index (κ3) is 2.55.